The molecular formula is C18H13ClF3N3O4S. The first-order valence-electron chi connectivity index (χ1n) is 8.62. The Balaban J connectivity index is 1.77. The number of aromatic nitrogens is 2. The number of nitrogens with zero attached hydrogens (tertiary/aromatic N) is 2. The van der Waals surface area contributed by atoms with Gasteiger partial charge in [-0.05, 0) is 49.2 Å². The van der Waals surface area contributed by atoms with Crippen LogP contribution in [0.3, 0.4) is 0 Å². The number of alkyl halides is 3. The Hall–Kier alpha value is -2.79. The number of ether oxygens (including phenoxy) is 1. The van der Waals surface area contributed by atoms with Crippen LogP contribution < -0.4 is 15.7 Å². The smallest absolute Gasteiger partial charge is 0.406 e. The van der Waals surface area contributed by atoms with Crippen molar-refractivity contribution in [1.82, 2.24) is 9.66 Å². The van der Waals surface area contributed by atoms with Gasteiger partial charge in [-0.15, -0.1) is 13.2 Å². The highest BCUT2D eigenvalue weighted by molar-refractivity contribution is 7.92. The lowest BCUT2D eigenvalue weighted by molar-refractivity contribution is -0.274. The van der Waals surface area contributed by atoms with Crippen LogP contribution in [-0.4, -0.2) is 29.7 Å². The molecule has 0 unspecified atom stereocenters. The Morgan fingerprint density at radius 1 is 1.17 bits per heavy atom. The van der Waals surface area contributed by atoms with Crippen molar-refractivity contribution in [2.45, 2.75) is 29.3 Å². The Bertz CT molecular complexity index is 1300. The lowest BCUT2D eigenvalue weighted by Gasteiger charge is -2.15. The molecule has 0 aliphatic heterocycles. The Kier molecular flexibility index (Phi) is 4.89. The minimum absolute atomic E-state index is 0.0319. The summed E-state index contributed by atoms with van der Waals surface area (Å²) in [6.45, 7) is 0. The summed E-state index contributed by atoms with van der Waals surface area (Å²) in [6.07, 6.45) is -2.73. The number of anilines is 1. The molecule has 0 bridgehead atoms. The predicted octanol–water partition coefficient (Wildman–Crippen LogP) is 3.76. The fourth-order valence-electron chi connectivity index (χ4n) is 2.90. The van der Waals surface area contributed by atoms with Gasteiger partial charge in [0.05, 0.1) is 26.7 Å². The average molecular weight is 460 g/mol. The van der Waals surface area contributed by atoms with Gasteiger partial charge in [0.25, 0.3) is 5.56 Å². The number of nitrogens with one attached hydrogen (secondary N) is 1. The summed E-state index contributed by atoms with van der Waals surface area (Å²) in [5, 5.41) is -0.414. The van der Waals surface area contributed by atoms with E-state index in [1.165, 1.54) is 24.3 Å². The summed E-state index contributed by atoms with van der Waals surface area (Å²) < 4.78 is 67.5. The quantitative estimate of drug-likeness (QED) is 0.625. The summed E-state index contributed by atoms with van der Waals surface area (Å²) in [7, 11) is -3.62. The number of hydrogen-bond donors (Lipinski definition) is 1. The van der Waals surface area contributed by atoms with Crippen molar-refractivity contribution in [3.05, 3.63) is 58.1 Å². The molecule has 0 radical (unpaired) electrons. The molecule has 1 aromatic heterocycles. The van der Waals surface area contributed by atoms with Crippen molar-refractivity contribution >= 4 is 38.0 Å². The predicted molar refractivity (Wildman–Crippen MR) is 103 cm³/mol. The van der Waals surface area contributed by atoms with E-state index in [0.717, 1.165) is 23.1 Å². The van der Waals surface area contributed by atoms with Gasteiger partial charge in [0.15, 0.2) is 9.84 Å². The molecule has 12 heteroatoms. The first kappa shape index (κ1) is 20.5. The average Bonchev–Trinajstić information content (AvgIpc) is 3.49. The zero-order valence-electron chi connectivity index (χ0n) is 15.0. The van der Waals surface area contributed by atoms with E-state index in [2.05, 4.69) is 15.1 Å². The molecule has 30 heavy (non-hydrogen) atoms. The minimum Gasteiger partial charge on any atom is -0.406 e. The van der Waals surface area contributed by atoms with Gasteiger partial charge in [0.1, 0.15) is 12.1 Å². The number of hydrogen-bond acceptors (Lipinski definition) is 6. The molecule has 2 aromatic carbocycles. The van der Waals surface area contributed by atoms with Crippen LogP contribution in [0.1, 0.15) is 12.8 Å². The highest BCUT2D eigenvalue weighted by Gasteiger charge is 2.38. The minimum atomic E-state index is -4.92. The topological polar surface area (TPSA) is 90.3 Å². The Morgan fingerprint density at radius 3 is 2.57 bits per heavy atom. The number of sulfone groups is 1. The maximum atomic E-state index is 12.8. The largest absolute Gasteiger partial charge is 0.573 e. The van der Waals surface area contributed by atoms with E-state index in [-0.39, 0.29) is 26.5 Å². The molecule has 0 spiro atoms. The van der Waals surface area contributed by atoms with E-state index in [4.69, 9.17) is 11.6 Å². The van der Waals surface area contributed by atoms with Crippen molar-refractivity contribution in [2.75, 3.05) is 5.43 Å². The fraction of sp³-hybridized carbons (Fsp3) is 0.222. The Labute approximate surface area is 172 Å². The fourth-order valence-corrected chi connectivity index (χ4v) is 4.86. The highest BCUT2D eigenvalue weighted by Crippen LogP contribution is 2.37. The van der Waals surface area contributed by atoms with E-state index in [9.17, 15) is 26.4 Å². The molecule has 7 nitrogen and oxygen atoms in total. The molecule has 0 saturated heterocycles. The second kappa shape index (κ2) is 7.17. The maximum absolute atomic E-state index is 12.8. The van der Waals surface area contributed by atoms with Crippen molar-refractivity contribution in [2.24, 2.45) is 0 Å². The second-order valence-corrected chi connectivity index (χ2v) is 9.28. The molecule has 0 atom stereocenters. The van der Waals surface area contributed by atoms with Gasteiger partial charge in [-0.1, -0.05) is 11.6 Å². The van der Waals surface area contributed by atoms with Gasteiger partial charge in [0, 0.05) is 5.02 Å². The standard InChI is InChI=1S/C18H13ClF3N3O4S/c19-10-1-6-16(30(27,28)12-3-4-12)15(7-10)24-25-9-23-14-5-2-11(29-18(20,21)22)8-13(14)17(25)26/h1-2,5-9,12,24H,3-4H2. The molecule has 3 aromatic rings. The number of rotatable bonds is 5. The van der Waals surface area contributed by atoms with E-state index < -0.39 is 32.8 Å². The molecule has 1 saturated carbocycles. The monoisotopic (exact) mass is 459 g/mol. The van der Waals surface area contributed by atoms with Crippen molar-refractivity contribution in [1.29, 1.82) is 0 Å². The summed E-state index contributed by atoms with van der Waals surface area (Å²) >= 11 is 5.98. The number of fused-ring (bicyclic) bond motifs is 1. The molecule has 1 aliphatic rings. The number of halogens is 4. The van der Waals surface area contributed by atoms with Crippen LogP contribution in [0.15, 0.2) is 52.4 Å². The van der Waals surface area contributed by atoms with Crippen LogP contribution in [0, 0.1) is 0 Å². The summed E-state index contributed by atoms with van der Waals surface area (Å²) in [4.78, 5) is 16.8. The second-order valence-electron chi connectivity index (χ2n) is 6.64. The SMILES string of the molecule is O=c1c2cc(OC(F)(F)F)ccc2ncn1Nc1cc(Cl)ccc1S(=O)(=O)C1CC1. The third kappa shape index (κ3) is 4.08. The van der Waals surface area contributed by atoms with Crippen molar-refractivity contribution in [3.8, 4) is 5.75 Å². The normalized spacial score (nSPS) is 14.7. The zero-order chi connectivity index (χ0) is 21.7. The zero-order valence-corrected chi connectivity index (χ0v) is 16.6. The molecule has 158 valence electrons. The van der Waals surface area contributed by atoms with E-state index >= 15 is 0 Å². The highest BCUT2D eigenvalue weighted by atomic mass is 35.5. The third-order valence-corrected chi connectivity index (χ3v) is 6.97. The molecular weight excluding hydrogens is 447 g/mol. The molecule has 1 heterocycles. The Morgan fingerprint density at radius 2 is 1.90 bits per heavy atom. The van der Waals surface area contributed by atoms with Crippen LogP contribution in [-0.2, 0) is 9.84 Å². The summed E-state index contributed by atoms with van der Waals surface area (Å²) in [6, 6.07) is 7.27. The lowest BCUT2D eigenvalue weighted by Crippen LogP contribution is -2.27. The summed E-state index contributed by atoms with van der Waals surface area (Å²) in [5.74, 6) is -0.577. The number of benzene rings is 2. The van der Waals surface area contributed by atoms with Crippen molar-refractivity contribution < 1.29 is 26.3 Å². The van der Waals surface area contributed by atoms with Crippen LogP contribution in [0.2, 0.25) is 5.02 Å². The van der Waals surface area contributed by atoms with Crippen LogP contribution >= 0.6 is 11.6 Å². The van der Waals surface area contributed by atoms with Gasteiger partial charge in [-0.3, -0.25) is 10.2 Å². The van der Waals surface area contributed by atoms with Gasteiger partial charge < -0.3 is 4.74 Å². The van der Waals surface area contributed by atoms with Crippen molar-refractivity contribution in [3.63, 3.8) is 0 Å². The van der Waals surface area contributed by atoms with E-state index in [1.54, 1.807) is 0 Å². The molecule has 4 rings (SSSR count). The first-order chi connectivity index (χ1) is 14.0. The van der Waals surface area contributed by atoms with Gasteiger partial charge in [0.2, 0.25) is 0 Å². The van der Waals surface area contributed by atoms with Crippen LogP contribution in [0.5, 0.6) is 5.75 Å². The maximum Gasteiger partial charge on any atom is 0.573 e. The molecule has 1 N–H and O–H groups in total. The lowest BCUT2D eigenvalue weighted by atomic mass is 10.2. The molecule has 1 aliphatic carbocycles. The molecule has 1 fully saturated rings. The first-order valence-corrected chi connectivity index (χ1v) is 10.5. The van der Waals surface area contributed by atoms with Gasteiger partial charge in [-0.25, -0.2) is 18.1 Å². The van der Waals surface area contributed by atoms with E-state index in [0.29, 0.717) is 12.8 Å². The van der Waals surface area contributed by atoms with E-state index in [1.807, 2.05) is 0 Å². The van der Waals surface area contributed by atoms with Crippen LogP contribution in [0.4, 0.5) is 18.9 Å². The summed E-state index contributed by atoms with van der Waals surface area (Å²) in [5.41, 5.74) is 2.10. The molecule has 0 amide bonds. The van der Waals surface area contributed by atoms with Gasteiger partial charge >= 0.3 is 6.36 Å². The van der Waals surface area contributed by atoms with Gasteiger partial charge in [-0.2, -0.15) is 0 Å². The third-order valence-electron chi connectivity index (χ3n) is 4.42. The van der Waals surface area contributed by atoms with Crippen LogP contribution in [0.25, 0.3) is 10.9 Å².